The Labute approximate surface area is 153 Å². The van der Waals surface area contributed by atoms with Crippen LogP contribution in [0.3, 0.4) is 0 Å². The van der Waals surface area contributed by atoms with Crippen LogP contribution in [0.2, 0.25) is 0 Å². The van der Waals surface area contributed by atoms with Crippen molar-refractivity contribution in [1.82, 2.24) is 4.98 Å². The summed E-state index contributed by atoms with van der Waals surface area (Å²) in [4.78, 5) is 16.0. The van der Waals surface area contributed by atoms with Gasteiger partial charge in [0.05, 0.1) is 18.9 Å². The Morgan fingerprint density at radius 2 is 1.80 bits per heavy atom. The molecule has 0 radical (unpaired) electrons. The quantitative estimate of drug-likeness (QED) is 0.627. The van der Waals surface area contributed by atoms with Gasteiger partial charge in [0.2, 0.25) is 0 Å². The number of ether oxygens (including phenoxy) is 2. The molecular formula is C18H17NO4S2. The van der Waals surface area contributed by atoms with Crippen LogP contribution in [0.1, 0.15) is 23.5 Å². The van der Waals surface area contributed by atoms with Gasteiger partial charge in [-0.1, -0.05) is 0 Å². The highest BCUT2D eigenvalue weighted by Crippen LogP contribution is 2.36. The Bertz CT molecular complexity index is 885. The number of carboxylic acids is 1. The number of thiazole rings is 1. The molecule has 0 aliphatic rings. The largest absolute Gasteiger partial charge is 0.490 e. The predicted octanol–water partition coefficient (Wildman–Crippen LogP) is 5.03. The molecule has 0 saturated carbocycles. The minimum absolute atomic E-state index is 0.309. The number of carboxylic acid groups (broad SMARTS) is 1. The Hall–Kier alpha value is -2.38. The van der Waals surface area contributed by atoms with Gasteiger partial charge in [-0.2, -0.15) is 0 Å². The average molecular weight is 375 g/mol. The number of benzene rings is 1. The van der Waals surface area contributed by atoms with Gasteiger partial charge in [0.1, 0.15) is 9.88 Å². The average Bonchev–Trinajstić information content (AvgIpc) is 3.26. The molecule has 0 atom stereocenters. The van der Waals surface area contributed by atoms with Crippen LogP contribution >= 0.6 is 22.7 Å². The molecule has 0 aliphatic heterocycles. The molecule has 1 N–H and O–H groups in total. The topological polar surface area (TPSA) is 68.7 Å². The SMILES string of the molecule is CCOc1ccc(-c2nc(-c3csc(C(=O)O)c3)cs2)cc1OCC. The van der Waals surface area contributed by atoms with Gasteiger partial charge in [-0.25, -0.2) is 9.78 Å². The summed E-state index contributed by atoms with van der Waals surface area (Å²) in [5, 5.41) is 13.6. The summed E-state index contributed by atoms with van der Waals surface area (Å²) in [5.41, 5.74) is 2.54. The van der Waals surface area contributed by atoms with Crippen LogP contribution in [0.5, 0.6) is 11.5 Å². The van der Waals surface area contributed by atoms with Crippen LogP contribution in [-0.4, -0.2) is 29.3 Å². The van der Waals surface area contributed by atoms with Gasteiger partial charge in [-0.3, -0.25) is 0 Å². The van der Waals surface area contributed by atoms with Crippen LogP contribution in [-0.2, 0) is 0 Å². The maximum Gasteiger partial charge on any atom is 0.345 e. The first-order valence-electron chi connectivity index (χ1n) is 7.80. The zero-order valence-corrected chi connectivity index (χ0v) is 15.4. The second-order valence-corrected chi connectivity index (χ2v) is 6.84. The van der Waals surface area contributed by atoms with Crippen LogP contribution < -0.4 is 9.47 Å². The van der Waals surface area contributed by atoms with Crippen molar-refractivity contribution < 1.29 is 19.4 Å². The Morgan fingerprint density at radius 3 is 2.48 bits per heavy atom. The number of aromatic carboxylic acids is 1. The van der Waals surface area contributed by atoms with E-state index in [1.807, 2.05) is 42.8 Å². The normalized spacial score (nSPS) is 10.6. The van der Waals surface area contributed by atoms with E-state index in [1.165, 1.54) is 22.7 Å². The van der Waals surface area contributed by atoms with E-state index in [-0.39, 0.29) is 0 Å². The van der Waals surface area contributed by atoms with Gasteiger partial charge in [0.25, 0.3) is 0 Å². The highest BCUT2D eigenvalue weighted by atomic mass is 32.1. The molecule has 2 aromatic heterocycles. The second kappa shape index (κ2) is 7.67. The van der Waals surface area contributed by atoms with Gasteiger partial charge in [0.15, 0.2) is 11.5 Å². The zero-order chi connectivity index (χ0) is 17.8. The lowest BCUT2D eigenvalue weighted by Crippen LogP contribution is -1.98. The number of hydrogen-bond donors (Lipinski definition) is 1. The Balaban J connectivity index is 1.90. The number of aromatic nitrogens is 1. The van der Waals surface area contributed by atoms with Crippen molar-refractivity contribution in [2.45, 2.75) is 13.8 Å². The molecule has 130 valence electrons. The fourth-order valence-corrected chi connectivity index (χ4v) is 3.87. The summed E-state index contributed by atoms with van der Waals surface area (Å²) in [6, 6.07) is 7.41. The first-order chi connectivity index (χ1) is 12.1. The molecular weight excluding hydrogens is 358 g/mol. The fraction of sp³-hybridized carbons (Fsp3) is 0.222. The van der Waals surface area contributed by atoms with E-state index in [0.29, 0.717) is 29.6 Å². The molecule has 0 unspecified atom stereocenters. The number of rotatable bonds is 7. The minimum Gasteiger partial charge on any atom is -0.490 e. The fourth-order valence-electron chi connectivity index (χ4n) is 2.31. The molecule has 5 nitrogen and oxygen atoms in total. The van der Waals surface area contributed by atoms with Crippen LogP contribution in [0.25, 0.3) is 21.8 Å². The van der Waals surface area contributed by atoms with Gasteiger partial charge >= 0.3 is 5.97 Å². The van der Waals surface area contributed by atoms with E-state index >= 15 is 0 Å². The van der Waals surface area contributed by atoms with Crippen LogP contribution in [0, 0.1) is 0 Å². The van der Waals surface area contributed by atoms with E-state index in [1.54, 1.807) is 6.07 Å². The molecule has 0 fully saturated rings. The van der Waals surface area contributed by atoms with Crippen molar-refractivity contribution in [1.29, 1.82) is 0 Å². The van der Waals surface area contributed by atoms with E-state index < -0.39 is 5.97 Å². The summed E-state index contributed by atoms with van der Waals surface area (Å²) >= 11 is 2.71. The van der Waals surface area contributed by atoms with Gasteiger partial charge in [0, 0.05) is 21.9 Å². The van der Waals surface area contributed by atoms with Gasteiger partial charge in [-0.05, 0) is 38.1 Å². The van der Waals surface area contributed by atoms with Crippen LogP contribution in [0.15, 0.2) is 35.0 Å². The number of thiophene rings is 1. The first-order valence-corrected chi connectivity index (χ1v) is 9.56. The minimum atomic E-state index is -0.917. The summed E-state index contributed by atoms with van der Waals surface area (Å²) in [6.07, 6.45) is 0. The van der Waals surface area contributed by atoms with Crippen molar-refractivity contribution in [3.05, 3.63) is 39.9 Å². The van der Waals surface area contributed by atoms with Crippen molar-refractivity contribution >= 4 is 28.6 Å². The lowest BCUT2D eigenvalue weighted by molar-refractivity contribution is 0.0702. The third-order valence-corrected chi connectivity index (χ3v) is 5.21. The highest BCUT2D eigenvalue weighted by molar-refractivity contribution is 7.14. The molecule has 7 heteroatoms. The number of nitrogens with zero attached hydrogens (tertiary/aromatic N) is 1. The third-order valence-electron chi connectivity index (χ3n) is 3.40. The lowest BCUT2D eigenvalue weighted by Gasteiger charge is -2.11. The van der Waals surface area contributed by atoms with Gasteiger partial charge < -0.3 is 14.6 Å². The smallest absolute Gasteiger partial charge is 0.345 e. The third kappa shape index (κ3) is 3.83. The van der Waals surface area contributed by atoms with Crippen molar-refractivity contribution in [2.24, 2.45) is 0 Å². The molecule has 0 bridgehead atoms. The molecule has 2 heterocycles. The maximum atomic E-state index is 11.0. The zero-order valence-electron chi connectivity index (χ0n) is 13.8. The van der Waals surface area contributed by atoms with E-state index in [4.69, 9.17) is 14.6 Å². The van der Waals surface area contributed by atoms with Crippen molar-refractivity contribution in [3.8, 4) is 33.3 Å². The summed E-state index contributed by atoms with van der Waals surface area (Å²) in [6.45, 7) is 4.99. The second-order valence-electron chi connectivity index (χ2n) is 5.07. The standard InChI is InChI=1S/C18H17NO4S2/c1-3-22-14-6-5-11(7-15(14)23-4-2)17-19-13(10-25-17)12-8-16(18(20)21)24-9-12/h5-10H,3-4H2,1-2H3,(H,20,21). The molecule has 1 aromatic carbocycles. The van der Waals surface area contributed by atoms with E-state index in [0.717, 1.165) is 21.8 Å². The number of carbonyl (C=O) groups is 1. The molecule has 0 aliphatic carbocycles. The molecule has 0 spiro atoms. The van der Waals surface area contributed by atoms with Crippen molar-refractivity contribution in [2.75, 3.05) is 13.2 Å². The molecule has 0 amide bonds. The Kier molecular flexibility index (Phi) is 5.35. The Morgan fingerprint density at radius 1 is 1.04 bits per heavy atom. The van der Waals surface area contributed by atoms with Crippen molar-refractivity contribution in [3.63, 3.8) is 0 Å². The molecule has 25 heavy (non-hydrogen) atoms. The molecule has 3 rings (SSSR count). The van der Waals surface area contributed by atoms with E-state index in [9.17, 15) is 4.79 Å². The highest BCUT2D eigenvalue weighted by Gasteiger charge is 2.13. The number of hydrogen-bond acceptors (Lipinski definition) is 6. The summed E-state index contributed by atoms with van der Waals surface area (Å²) in [5.74, 6) is 0.496. The van der Waals surface area contributed by atoms with Gasteiger partial charge in [-0.15, -0.1) is 22.7 Å². The van der Waals surface area contributed by atoms with Crippen LogP contribution in [0.4, 0.5) is 0 Å². The lowest BCUT2D eigenvalue weighted by atomic mass is 10.2. The summed E-state index contributed by atoms with van der Waals surface area (Å²) in [7, 11) is 0. The maximum absolute atomic E-state index is 11.0. The first kappa shape index (κ1) is 17.4. The monoisotopic (exact) mass is 375 g/mol. The molecule has 3 aromatic rings. The summed E-state index contributed by atoms with van der Waals surface area (Å²) < 4.78 is 11.2. The predicted molar refractivity (Wildman–Crippen MR) is 100 cm³/mol. The van der Waals surface area contributed by atoms with E-state index in [2.05, 4.69) is 4.98 Å². The molecule has 0 saturated heterocycles.